The number of methoxy groups -OCH3 is 1. The second kappa shape index (κ2) is 48.5. The molecule has 0 spiro atoms. The zero-order chi connectivity index (χ0) is 42.1. The third-order valence-electron chi connectivity index (χ3n) is 8.33. The zero-order valence-corrected chi connectivity index (χ0v) is 33.1. The van der Waals surface area contributed by atoms with Gasteiger partial charge in [0.1, 0.15) is 23.4 Å². The van der Waals surface area contributed by atoms with Crippen molar-refractivity contribution in [1.29, 1.82) is 0 Å². The number of Topliss-reactive ketones (excluding diaryl/α,β-unsaturated/α-hetero) is 3. The molecule has 0 aliphatic carbocycles. The molecule has 3 atom stereocenters. The number of azide groups is 3. The number of ether oxygens (including phenoxy) is 1. The largest absolute Gasteiger partial charge is 0.481 e. The number of rotatable bonds is 33. The van der Waals surface area contributed by atoms with Gasteiger partial charge < -0.3 is 20.7 Å². The number of carbonyl (C=O) groups excluding carboxylic acids is 4. The lowest BCUT2D eigenvalue weighted by molar-refractivity contribution is -0.145. The predicted octanol–water partition coefficient (Wildman–Crippen LogP) is 10.6. The maximum absolute atomic E-state index is 11.4. The SMILES string of the molecule is C.C.C.COC(=O)[C@@H](C)CCCCCC(=O)CCCN=[N+]=[N-].C[C@@H](CCCCCC(=O)CCCN=[N+]=[N-])C(=O)O.[N-]=[N+]=NCCCC(=O)CCCCC[C@H](N)C(=O)O. The van der Waals surface area contributed by atoms with Crippen LogP contribution in [0.15, 0.2) is 15.3 Å². The summed E-state index contributed by atoms with van der Waals surface area (Å²) >= 11 is 0. The molecular weight excluding hydrogens is 752 g/mol. The lowest BCUT2D eigenvalue weighted by Gasteiger charge is -2.08. The van der Waals surface area contributed by atoms with Crippen molar-refractivity contribution in [3.63, 3.8) is 0 Å². The standard InChI is InChI=1S/C13H23N3O3.C12H21N3O3.C11H20N4O3.3CH4/c1-11(13(18)19-2)7-4-3-5-8-12(17)9-6-10-15-16-14;1-10(12(17)18)6-3-2-4-7-11(16)8-5-9-14-15-13;12-10(11(17)18)7-3-1-2-5-9(16)6-4-8-14-15-13;;;/h11H,3-10H2,1-2H3;10H,2-9H2,1H3,(H,17,18);10H,1-8,12H2,(H,17,18);3*1H4/t11-;2*10-;;;/m000.../s1. The van der Waals surface area contributed by atoms with Gasteiger partial charge in [-0.2, -0.15) is 0 Å². The average Bonchev–Trinajstić information content (AvgIpc) is 3.16. The van der Waals surface area contributed by atoms with Gasteiger partial charge in [-0.25, -0.2) is 0 Å². The highest BCUT2D eigenvalue weighted by Crippen LogP contribution is 2.13. The van der Waals surface area contributed by atoms with Gasteiger partial charge in [-0.1, -0.05) is 90.0 Å². The van der Waals surface area contributed by atoms with Crippen molar-refractivity contribution in [2.24, 2.45) is 32.9 Å². The smallest absolute Gasteiger partial charge is 0.320 e. The molecule has 0 fully saturated rings. The summed E-state index contributed by atoms with van der Waals surface area (Å²) < 4.78 is 4.64. The molecule has 0 bridgehead atoms. The van der Waals surface area contributed by atoms with Crippen LogP contribution in [0.25, 0.3) is 31.3 Å². The van der Waals surface area contributed by atoms with Crippen molar-refractivity contribution in [2.75, 3.05) is 26.7 Å². The van der Waals surface area contributed by atoms with Crippen LogP contribution >= 0.6 is 0 Å². The van der Waals surface area contributed by atoms with Crippen LogP contribution in [0.4, 0.5) is 0 Å². The van der Waals surface area contributed by atoms with E-state index in [4.69, 9.17) is 32.5 Å². The molecular formula is C39H76N10O9. The summed E-state index contributed by atoms with van der Waals surface area (Å²) in [6.45, 7) is 4.67. The summed E-state index contributed by atoms with van der Waals surface area (Å²) in [5.41, 5.74) is 29.5. The minimum absolute atomic E-state index is 0. The normalized spacial score (nSPS) is 11.0. The Morgan fingerprint density at radius 1 is 0.517 bits per heavy atom. The van der Waals surface area contributed by atoms with E-state index in [1.54, 1.807) is 6.92 Å². The Kier molecular flexibility index (Phi) is 54.5. The zero-order valence-electron chi connectivity index (χ0n) is 33.1. The van der Waals surface area contributed by atoms with Gasteiger partial charge in [-0.05, 0) is 74.4 Å². The average molecular weight is 829 g/mol. The van der Waals surface area contributed by atoms with Gasteiger partial charge in [0.05, 0.1) is 18.9 Å². The van der Waals surface area contributed by atoms with Crippen LogP contribution < -0.4 is 5.73 Å². The molecule has 0 saturated carbocycles. The number of aliphatic carboxylic acids is 2. The van der Waals surface area contributed by atoms with Crippen molar-refractivity contribution in [3.05, 3.63) is 31.3 Å². The summed E-state index contributed by atoms with van der Waals surface area (Å²) in [6.07, 6.45) is 14.3. The number of hydrogen-bond acceptors (Lipinski definition) is 11. The number of carboxylic acid groups (broad SMARTS) is 2. The molecule has 0 aromatic rings. The first-order valence-electron chi connectivity index (χ1n) is 19.1. The fraction of sp³-hybridized carbons (Fsp3) is 0.846. The number of carboxylic acids is 2. The molecule has 0 rings (SSSR count). The van der Waals surface area contributed by atoms with Gasteiger partial charge in [-0.3, -0.25) is 28.8 Å². The van der Waals surface area contributed by atoms with E-state index in [-0.39, 0.29) is 57.4 Å². The topological polar surface area (TPSA) is 324 Å². The molecule has 0 saturated heterocycles. The van der Waals surface area contributed by atoms with Gasteiger partial charge in [0.2, 0.25) is 0 Å². The number of unbranched alkanes of at least 4 members (excludes halogenated alkanes) is 6. The van der Waals surface area contributed by atoms with E-state index < -0.39 is 18.0 Å². The monoisotopic (exact) mass is 829 g/mol. The lowest BCUT2D eigenvalue weighted by atomic mass is 10.0. The van der Waals surface area contributed by atoms with Crippen molar-refractivity contribution >= 4 is 35.3 Å². The van der Waals surface area contributed by atoms with E-state index in [0.717, 1.165) is 64.2 Å². The van der Waals surface area contributed by atoms with Gasteiger partial charge in [0.15, 0.2) is 0 Å². The maximum Gasteiger partial charge on any atom is 0.320 e. The molecule has 58 heavy (non-hydrogen) atoms. The number of ketones is 3. The highest BCUT2D eigenvalue weighted by molar-refractivity contribution is 5.79. The quantitative estimate of drug-likeness (QED) is 0.0184. The Bertz CT molecular complexity index is 1190. The summed E-state index contributed by atoms with van der Waals surface area (Å²) in [7, 11) is 1.40. The van der Waals surface area contributed by atoms with Crippen molar-refractivity contribution in [3.8, 4) is 0 Å². The Morgan fingerprint density at radius 2 is 0.828 bits per heavy atom. The fourth-order valence-electron chi connectivity index (χ4n) is 4.88. The highest BCUT2D eigenvalue weighted by Gasteiger charge is 2.13. The van der Waals surface area contributed by atoms with E-state index in [9.17, 15) is 28.8 Å². The number of esters is 1. The van der Waals surface area contributed by atoms with Crippen molar-refractivity contribution < 1.29 is 43.7 Å². The summed E-state index contributed by atoms with van der Waals surface area (Å²) in [4.78, 5) is 74.2. The molecule has 19 nitrogen and oxygen atoms in total. The van der Waals surface area contributed by atoms with Crippen LogP contribution in [0.1, 0.15) is 171 Å². The molecule has 0 aromatic carbocycles. The summed E-state index contributed by atoms with van der Waals surface area (Å²) in [5.74, 6) is -1.72. The molecule has 4 N–H and O–H groups in total. The third-order valence-corrected chi connectivity index (χ3v) is 8.33. The van der Waals surface area contributed by atoms with E-state index in [1.165, 1.54) is 7.11 Å². The van der Waals surface area contributed by atoms with E-state index in [1.807, 2.05) is 6.92 Å². The van der Waals surface area contributed by atoms with Gasteiger partial charge >= 0.3 is 17.9 Å². The predicted molar refractivity (Wildman–Crippen MR) is 228 cm³/mol. The second-order valence-electron chi connectivity index (χ2n) is 13.2. The van der Waals surface area contributed by atoms with E-state index in [2.05, 4.69) is 34.8 Å². The first-order valence-corrected chi connectivity index (χ1v) is 19.1. The highest BCUT2D eigenvalue weighted by atomic mass is 16.5. The maximum atomic E-state index is 11.4. The van der Waals surface area contributed by atoms with Gasteiger partial charge in [0.25, 0.3) is 0 Å². The molecule has 19 heteroatoms. The number of hydrogen-bond donors (Lipinski definition) is 3. The first-order chi connectivity index (χ1) is 26.3. The van der Waals surface area contributed by atoms with Gasteiger partial charge in [-0.15, -0.1) is 0 Å². The van der Waals surface area contributed by atoms with Crippen LogP contribution in [0.5, 0.6) is 0 Å². The molecule has 0 aliphatic rings. The van der Waals surface area contributed by atoms with Crippen LogP contribution in [0.2, 0.25) is 0 Å². The van der Waals surface area contributed by atoms with E-state index in [0.29, 0.717) is 90.3 Å². The van der Waals surface area contributed by atoms with Crippen LogP contribution in [-0.4, -0.2) is 78.3 Å². The van der Waals surface area contributed by atoms with Gasteiger partial charge in [0, 0.05) is 72.9 Å². The molecule has 0 radical (unpaired) electrons. The molecule has 0 unspecified atom stereocenters. The Hall–Kier alpha value is -4.69. The molecule has 0 aliphatic heterocycles. The number of nitrogens with two attached hydrogens (primary N) is 1. The van der Waals surface area contributed by atoms with Crippen molar-refractivity contribution in [1.82, 2.24) is 0 Å². The molecule has 0 amide bonds. The fourth-order valence-corrected chi connectivity index (χ4v) is 4.88. The Morgan fingerprint density at radius 3 is 1.12 bits per heavy atom. The molecule has 0 heterocycles. The van der Waals surface area contributed by atoms with Crippen LogP contribution in [0, 0.1) is 11.8 Å². The number of nitrogens with zero attached hydrogens (tertiary/aromatic N) is 9. The number of carbonyl (C=O) groups is 6. The summed E-state index contributed by atoms with van der Waals surface area (Å²) in [5, 5.41) is 27.3. The van der Waals surface area contributed by atoms with Crippen LogP contribution in [-0.2, 0) is 33.5 Å². The second-order valence-corrected chi connectivity index (χ2v) is 13.2. The third kappa shape index (κ3) is 49.3. The Labute approximate surface area is 346 Å². The minimum atomic E-state index is -0.982. The lowest BCUT2D eigenvalue weighted by Crippen LogP contribution is -2.29. The Balaban J connectivity index is -0.000000170. The van der Waals surface area contributed by atoms with Crippen molar-refractivity contribution in [2.45, 2.75) is 177 Å². The van der Waals surface area contributed by atoms with Crippen LogP contribution in [0.3, 0.4) is 0 Å². The minimum Gasteiger partial charge on any atom is -0.481 e. The summed E-state index contributed by atoms with van der Waals surface area (Å²) in [6, 6.07) is -0.801. The molecule has 0 aromatic heterocycles. The first kappa shape index (κ1) is 65.2. The van der Waals surface area contributed by atoms with E-state index >= 15 is 0 Å². The molecule has 336 valence electrons.